The van der Waals surface area contributed by atoms with Gasteiger partial charge in [0.2, 0.25) is 5.91 Å². The average Bonchev–Trinajstić information content (AvgIpc) is 2.29. The van der Waals surface area contributed by atoms with Crippen LogP contribution in [0.15, 0.2) is 18.2 Å². The van der Waals surface area contributed by atoms with Gasteiger partial charge in [-0.15, -0.1) is 0 Å². The Balaban J connectivity index is 2.77. The first-order chi connectivity index (χ1) is 8.08. The lowest BCUT2D eigenvalue weighted by Gasteiger charge is -2.10. The van der Waals surface area contributed by atoms with E-state index in [1.54, 1.807) is 18.2 Å². The first kappa shape index (κ1) is 14.3. The first-order valence-electron chi connectivity index (χ1n) is 5.24. The minimum absolute atomic E-state index is 0.255. The quantitative estimate of drug-likeness (QED) is 0.828. The molecular formula is C12H12ClIN2O. The lowest BCUT2D eigenvalue weighted by atomic mass is 10.0. The number of amides is 1. The summed E-state index contributed by atoms with van der Waals surface area (Å²) in [6, 6.07) is 7.22. The van der Waals surface area contributed by atoms with E-state index in [1.165, 1.54) is 0 Å². The minimum atomic E-state index is -0.591. The summed E-state index contributed by atoms with van der Waals surface area (Å²) < 4.78 is 0.858. The Bertz CT molecular complexity index is 456. The van der Waals surface area contributed by atoms with Crippen LogP contribution in [0, 0.1) is 20.8 Å². The van der Waals surface area contributed by atoms with Gasteiger partial charge in [-0.1, -0.05) is 24.9 Å². The highest BCUT2D eigenvalue weighted by molar-refractivity contribution is 14.1. The second-order valence-corrected chi connectivity index (χ2v) is 5.18. The van der Waals surface area contributed by atoms with Crippen LogP contribution in [0.2, 0.25) is 5.02 Å². The van der Waals surface area contributed by atoms with Crippen LogP contribution >= 0.6 is 34.2 Å². The molecule has 0 aliphatic heterocycles. The fraction of sp³-hybridized carbons (Fsp3) is 0.333. The van der Waals surface area contributed by atoms with Crippen LogP contribution in [-0.4, -0.2) is 5.91 Å². The Morgan fingerprint density at radius 2 is 2.35 bits per heavy atom. The summed E-state index contributed by atoms with van der Waals surface area (Å²) in [5.74, 6) is -0.846. The molecule has 0 saturated heterocycles. The fourth-order valence-corrected chi connectivity index (χ4v) is 2.36. The molecule has 3 nitrogen and oxygen atoms in total. The summed E-state index contributed by atoms with van der Waals surface area (Å²) in [5, 5.41) is 12.3. The van der Waals surface area contributed by atoms with Crippen molar-refractivity contribution in [2.45, 2.75) is 19.8 Å². The Morgan fingerprint density at radius 1 is 1.65 bits per heavy atom. The average molecular weight is 363 g/mol. The number of hydrogen-bond donors (Lipinski definition) is 1. The van der Waals surface area contributed by atoms with Crippen molar-refractivity contribution in [2.75, 3.05) is 5.32 Å². The van der Waals surface area contributed by atoms with E-state index in [9.17, 15) is 4.79 Å². The van der Waals surface area contributed by atoms with Crippen LogP contribution in [0.4, 0.5) is 5.69 Å². The third-order valence-corrected chi connectivity index (χ3v) is 3.37. The molecule has 1 amide bonds. The number of benzene rings is 1. The monoisotopic (exact) mass is 362 g/mol. The van der Waals surface area contributed by atoms with Crippen molar-refractivity contribution < 1.29 is 4.79 Å². The SMILES string of the molecule is CCCC(C#N)C(=O)Nc1ccc(Cl)cc1I. The summed E-state index contributed by atoms with van der Waals surface area (Å²) in [7, 11) is 0. The number of carbonyl (C=O) groups excluding carboxylic acids is 1. The summed E-state index contributed by atoms with van der Waals surface area (Å²) in [6.07, 6.45) is 1.38. The van der Waals surface area contributed by atoms with Gasteiger partial charge in [-0.05, 0) is 47.2 Å². The lowest BCUT2D eigenvalue weighted by molar-refractivity contribution is -0.118. The van der Waals surface area contributed by atoms with Crippen LogP contribution in [0.3, 0.4) is 0 Å². The number of carbonyl (C=O) groups is 1. The summed E-state index contributed by atoms with van der Waals surface area (Å²) in [5.41, 5.74) is 0.691. The highest BCUT2D eigenvalue weighted by Crippen LogP contribution is 2.23. The van der Waals surface area contributed by atoms with Gasteiger partial charge in [-0.3, -0.25) is 4.79 Å². The Hall–Kier alpha value is -0.800. The van der Waals surface area contributed by atoms with Gasteiger partial charge < -0.3 is 5.32 Å². The normalized spacial score (nSPS) is 11.6. The molecule has 0 aliphatic rings. The van der Waals surface area contributed by atoms with E-state index in [1.807, 2.05) is 13.0 Å². The second-order valence-electron chi connectivity index (χ2n) is 3.58. The van der Waals surface area contributed by atoms with E-state index < -0.39 is 5.92 Å². The lowest BCUT2D eigenvalue weighted by Crippen LogP contribution is -2.21. The highest BCUT2D eigenvalue weighted by atomic mass is 127. The molecule has 0 fully saturated rings. The number of nitriles is 1. The molecule has 1 unspecified atom stereocenters. The largest absolute Gasteiger partial charge is 0.324 e. The minimum Gasteiger partial charge on any atom is -0.324 e. The number of nitrogens with one attached hydrogen (secondary N) is 1. The topological polar surface area (TPSA) is 52.9 Å². The molecule has 1 N–H and O–H groups in total. The van der Waals surface area contributed by atoms with E-state index in [2.05, 4.69) is 27.9 Å². The van der Waals surface area contributed by atoms with Gasteiger partial charge in [0.15, 0.2) is 0 Å². The summed E-state index contributed by atoms with van der Waals surface area (Å²) in [4.78, 5) is 11.8. The van der Waals surface area contributed by atoms with Crippen LogP contribution < -0.4 is 5.32 Å². The molecular weight excluding hydrogens is 351 g/mol. The standard InChI is InChI=1S/C12H12ClIN2O/c1-2-3-8(7-15)12(17)16-11-5-4-9(13)6-10(11)14/h4-6,8H,2-3H2,1H3,(H,16,17). The number of rotatable bonds is 4. The van der Waals surface area contributed by atoms with E-state index in [-0.39, 0.29) is 5.91 Å². The van der Waals surface area contributed by atoms with Gasteiger partial charge in [0, 0.05) is 8.59 Å². The zero-order valence-corrected chi connectivity index (χ0v) is 12.2. The maximum Gasteiger partial charge on any atom is 0.241 e. The fourth-order valence-electron chi connectivity index (χ4n) is 1.35. The second kappa shape index (κ2) is 6.82. The molecule has 0 radical (unpaired) electrons. The molecule has 0 saturated carbocycles. The molecule has 1 aromatic carbocycles. The molecule has 0 bridgehead atoms. The molecule has 1 rings (SSSR count). The van der Waals surface area contributed by atoms with Gasteiger partial charge in [0.05, 0.1) is 11.8 Å². The molecule has 0 aliphatic carbocycles. The van der Waals surface area contributed by atoms with E-state index >= 15 is 0 Å². The Labute approximate surface area is 119 Å². The van der Waals surface area contributed by atoms with Gasteiger partial charge in [-0.25, -0.2) is 0 Å². The van der Waals surface area contributed by atoms with Gasteiger partial charge in [0.1, 0.15) is 5.92 Å². The number of hydrogen-bond acceptors (Lipinski definition) is 2. The van der Waals surface area contributed by atoms with Crippen molar-refractivity contribution in [2.24, 2.45) is 5.92 Å². The Morgan fingerprint density at radius 3 is 2.88 bits per heavy atom. The Kier molecular flexibility index (Phi) is 5.72. The van der Waals surface area contributed by atoms with Crippen LogP contribution in [0.25, 0.3) is 0 Å². The predicted octanol–water partition coefficient (Wildman–Crippen LogP) is 3.82. The van der Waals surface area contributed by atoms with Gasteiger partial charge >= 0.3 is 0 Å². The highest BCUT2D eigenvalue weighted by Gasteiger charge is 2.17. The van der Waals surface area contributed by atoms with E-state index in [4.69, 9.17) is 16.9 Å². The van der Waals surface area contributed by atoms with Crippen LogP contribution in [-0.2, 0) is 4.79 Å². The number of anilines is 1. The zero-order chi connectivity index (χ0) is 12.8. The molecule has 0 heterocycles. The predicted molar refractivity (Wildman–Crippen MR) is 76.8 cm³/mol. The molecule has 90 valence electrons. The third kappa shape index (κ3) is 4.17. The first-order valence-corrected chi connectivity index (χ1v) is 6.69. The third-order valence-electron chi connectivity index (χ3n) is 2.24. The maximum absolute atomic E-state index is 11.8. The number of halogens is 2. The van der Waals surface area contributed by atoms with Gasteiger partial charge in [0.25, 0.3) is 0 Å². The molecule has 17 heavy (non-hydrogen) atoms. The maximum atomic E-state index is 11.8. The summed E-state index contributed by atoms with van der Waals surface area (Å²) in [6.45, 7) is 1.95. The van der Waals surface area contributed by atoms with Crippen molar-refractivity contribution in [3.8, 4) is 6.07 Å². The molecule has 1 atom stereocenters. The number of nitrogens with zero attached hydrogens (tertiary/aromatic N) is 1. The smallest absolute Gasteiger partial charge is 0.241 e. The van der Waals surface area contributed by atoms with Crippen molar-refractivity contribution in [3.63, 3.8) is 0 Å². The van der Waals surface area contributed by atoms with Crippen LogP contribution in [0.5, 0.6) is 0 Å². The molecule has 0 aromatic heterocycles. The molecule has 5 heteroatoms. The van der Waals surface area contributed by atoms with Crippen LogP contribution in [0.1, 0.15) is 19.8 Å². The van der Waals surface area contributed by atoms with Crippen molar-refractivity contribution in [3.05, 3.63) is 26.8 Å². The van der Waals surface area contributed by atoms with Gasteiger partial charge in [-0.2, -0.15) is 5.26 Å². The van der Waals surface area contributed by atoms with E-state index in [0.717, 1.165) is 9.99 Å². The molecule has 1 aromatic rings. The summed E-state index contributed by atoms with van der Waals surface area (Å²) >= 11 is 7.92. The van der Waals surface area contributed by atoms with Crippen molar-refractivity contribution in [1.82, 2.24) is 0 Å². The molecule has 0 spiro atoms. The zero-order valence-electron chi connectivity index (χ0n) is 9.34. The van der Waals surface area contributed by atoms with E-state index in [0.29, 0.717) is 17.1 Å². The van der Waals surface area contributed by atoms with Crippen molar-refractivity contribution in [1.29, 1.82) is 5.26 Å². The van der Waals surface area contributed by atoms with Crippen molar-refractivity contribution >= 4 is 45.8 Å².